The van der Waals surface area contributed by atoms with Gasteiger partial charge in [-0.15, -0.1) is 0 Å². The van der Waals surface area contributed by atoms with E-state index in [2.05, 4.69) is 15.4 Å². The number of hydrogen-bond donors (Lipinski definition) is 3. The summed E-state index contributed by atoms with van der Waals surface area (Å²) in [4.78, 5) is 23.7. The molecule has 3 aromatic rings. The van der Waals surface area contributed by atoms with Crippen molar-refractivity contribution < 1.29 is 34.3 Å². The molecule has 0 aliphatic heterocycles. The Labute approximate surface area is 200 Å². The molecule has 6 N–H and O–H groups in total. The Bertz CT molecular complexity index is 1170. The summed E-state index contributed by atoms with van der Waals surface area (Å²) in [5, 5.41) is 4.68. The van der Waals surface area contributed by atoms with Gasteiger partial charge in [0.05, 0.1) is 46.2 Å². The lowest BCUT2D eigenvalue weighted by Crippen LogP contribution is -2.67. The molecule has 10 nitrogen and oxygen atoms in total. The summed E-state index contributed by atoms with van der Waals surface area (Å²) in [6.07, 6.45) is -0.159. The highest BCUT2D eigenvalue weighted by Gasteiger charge is 2.22. The van der Waals surface area contributed by atoms with Gasteiger partial charge in [-0.1, -0.05) is 6.07 Å². The van der Waals surface area contributed by atoms with Crippen LogP contribution in [0.2, 0.25) is 0 Å². The number of rotatable bonds is 10. The Morgan fingerprint density at radius 2 is 1.65 bits per heavy atom. The van der Waals surface area contributed by atoms with E-state index in [1.807, 2.05) is 23.6 Å². The number of primary amides is 1. The third-order valence-electron chi connectivity index (χ3n) is 5.09. The highest BCUT2D eigenvalue weighted by atomic mass is 32.1. The normalized spacial score (nSPS) is 11.4. The molecule has 0 bridgehead atoms. The van der Waals surface area contributed by atoms with Crippen LogP contribution in [0.1, 0.15) is 6.42 Å². The number of quaternary nitrogens is 1. The van der Waals surface area contributed by atoms with E-state index in [1.165, 1.54) is 18.6 Å². The van der Waals surface area contributed by atoms with E-state index in [4.69, 9.17) is 24.7 Å². The molecule has 0 aliphatic carbocycles. The maximum Gasteiger partial charge on any atom is 0.283 e. The Hall–Kier alpha value is -3.83. The first-order valence-electron chi connectivity index (χ1n) is 10.2. The average Bonchev–Trinajstić information content (AvgIpc) is 3.32. The second-order valence-electron chi connectivity index (χ2n) is 7.26. The fourth-order valence-corrected chi connectivity index (χ4v) is 4.13. The van der Waals surface area contributed by atoms with Gasteiger partial charge in [0, 0.05) is 16.5 Å². The maximum absolute atomic E-state index is 12.5. The Balaban J connectivity index is 2.02. The van der Waals surface area contributed by atoms with Gasteiger partial charge in [-0.2, -0.15) is 4.37 Å². The van der Waals surface area contributed by atoms with Crippen molar-refractivity contribution in [1.82, 2.24) is 4.37 Å². The number of ether oxygens (including phenoxy) is 4. The number of amides is 2. The van der Waals surface area contributed by atoms with Crippen LogP contribution in [0.3, 0.4) is 0 Å². The highest BCUT2D eigenvalue weighted by molar-refractivity contribution is 7.04. The lowest BCUT2D eigenvalue weighted by atomic mass is 10.0. The number of methoxy groups -OCH3 is 4. The SMILES string of the molecule is COc1ccc(-c2csnc2-c2cc(OC)c(OC)c(OC)c2)cc1NC(=O)[C@@H]([NH3+])CC(N)=O. The van der Waals surface area contributed by atoms with Crippen LogP contribution in [0.25, 0.3) is 22.4 Å². The van der Waals surface area contributed by atoms with Crippen molar-refractivity contribution in [1.29, 1.82) is 0 Å². The number of hydrogen-bond acceptors (Lipinski definition) is 8. The third-order valence-corrected chi connectivity index (χ3v) is 5.72. The van der Waals surface area contributed by atoms with Gasteiger partial charge in [0.1, 0.15) is 5.75 Å². The minimum absolute atomic E-state index is 0.159. The van der Waals surface area contributed by atoms with Crippen molar-refractivity contribution >= 4 is 29.0 Å². The molecular weight excluding hydrogens is 460 g/mol. The van der Waals surface area contributed by atoms with Crippen molar-refractivity contribution in [2.45, 2.75) is 12.5 Å². The molecule has 0 saturated heterocycles. The van der Waals surface area contributed by atoms with Crippen LogP contribution in [0.4, 0.5) is 5.69 Å². The van der Waals surface area contributed by atoms with E-state index >= 15 is 0 Å². The second-order valence-corrected chi connectivity index (χ2v) is 7.89. The number of anilines is 1. The summed E-state index contributed by atoms with van der Waals surface area (Å²) >= 11 is 1.29. The quantitative estimate of drug-likeness (QED) is 0.395. The Morgan fingerprint density at radius 3 is 2.21 bits per heavy atom. The molecule has 180 valence electrons. The molecule has 1 aromatic heterocycles. The fourth-order valence-electron chi connectivity index (χ4n) is 3.41. The molecule has 1 heterocycles. The van der Waals surface area contributed by atoms with Gasteiger partial charge in [0.2, 0.25) is 11.7 Å². The average molecular weight is 488 g/mol. The number of nitrogens with one attached hydrogen (secondary N) is 1. The standard InChI is InChI=1S/C23H26N4O6S/c1-30-17-6-5-12(7-16(17)26-23(29)15(24)10-20(25)28)14-11-34-27-21(14)13-8-18(31-2)22(33-4)19(9-13)32-3/h5-9,11,15H,10,24H2,1-4H3,(H2,25,28)(H,26,29)/p+1/t15-/m0/s1. The van der Waals surface area contributed by atoms with Gasteiger partial charge in [-0.25, -0.2) is 0 Å². The minimum Gasteiger partial charge on any atom is -0.495 e. The van der Waals surface area contributed by atoms with Crippen LogP contribution in [-0.2, 0) is 9.59 Å². The van der Waals surface area contributed by atoms with E-state index in [0.717, 1.165) is 16.7 Å². The van der Waals surface area contributed by atoms with Gasteiger partial charge >= 0.3 is 0 Å². The zero-order valence-corrected chi connectivity index (χ0v) is 20.2. The molecular formula is C23H27N4O6S+. The van der Waals surface area contributed by atoms with Gasteiger partial charge in [0.25, 0.3) is 5.91 Å². The zero-order valence-electron chi connectivity index (χ0n) is 19.3. The second kappa shape index (κ2) is 10.9. The highest BCUT2D eigenvalue weighted by Crippen LogP contribution is 2.44. The number of nitrogens with zero attached hydrogens (tertiary/aromatic N) is 1. The molecule has 0 fully saturated rings. The van der Waals surface area contributed by atoms with Crippen LogP contribution < -0.4 is 35.7 Å². The molecule has 0 unspecified atom stereocenters. The summed E-state index contributed by atoms with van der Waals surface area (Å²) in [7, 11) is 6.15. The number of benzene rings is 2. The lowest BCUT2D eigenvalue weighted by Gasteiger charge is -2.15. The molecule has 3 rings (SSSR count). The number of carbonyl (C=O) groups is 2. The van der Waals surface area contributed by atoms with Crippen molar-refractivity contribution in [2.24, 2.45) is 5.73 Å². The van der Waals surface area contributed by atoms with Gasteiger partial charge < -0.3 is 35.7 Å². The summed E-state index contributed by atoms with van der Waals surface area (Å²) in [5.41, 5.74) is 12.4. The molecule has 11 heteroatoms. The van der Waals surface area contributed by atoms with E-state index in [-0.39, 0.29) is 6.42 Å². The first kappa shape index (κ1) is 24.8. The molecule has 0 aliphatic rings. The van der Waals surface area contributed by atoms with E-state index < -0.39 is 17.9 Å². The van der Waals surface area contributed by atoms with Gasteiger partial charge in [-0.3, -0.25) is 9.59 Å². The van der Waals surface area contributed by atoms with Crippen molar-refractivity contribution in [3.63, 3.8) is 0 Å². The molecule has 0 saturated carbocycles. The topological polar surface area (TPSA) is 150 Å². The fraction of sp³-hybridized carbons (Fsp3) is 0.261. The van der Waals surface area contributed by atoms with Crippen LogP contribution >= 0.6 is 11.5 Å². The summed E-state index contributed by atoms with van der Waals surface area (Å²) in [6, 6.07) is 8.20. The van der Waals surface area contributed by atoms with Crippen molar-refractivity contribution in [3.8, 4) is 45.4 Å². The lowest BCUT2D eigenvalue weighted by molar-refractivity contribution is -0.401. The summed E-state index contributed by atoms with van der Waals surface area (Å²) < 4.78 is 26.3. The molecule has 34 heavy (non-hydrogen) atoms. The molecule has 2 amide bonds. The summed E-state index contributed by atoms with van der Waals surface area (Å²) in [5.74, 6) is 0.918. The first-order chi connectivity index (χ1) is 16.3. The minimum atomic E-state index is -0.830. The zero-order chi connectivity index (χ0) is 24.8. The summed E-state index contributed by atoms with van der Waals surface area (Å²) in [6.45, 7) is 0. The Kier molecular flexibility index (Phi) is 7.92. The van der Waals surface area contributed by atoms with Crippen molar-refractivity contribution in [3.05, 3.63) is 35.7 Å². The monoisotopic (exact) mass is 487 g/mol. The van der Waals surface area contributed by atoms with Gasteiger partial charge in [-0.05, 0) is 41.4 Å². The van der Waals surface area contributed by atoms with Crippen molar-refractivity contribution in [2.75, 3.05) is 33.8 Å². The molecule has 2 aromatic carbocycles. The number of carbonyl (C=O) groups excluding carboxylic acids is 2. The van der Waals surface area contributed by atoms with Crippen LogP contribution in [0.15, 0.2) is 35.7 Å². The van der Waals surface area contributed by atoms with E-state index in [9.17, 15) is 9.59 Å². The molecule has 0 radical (unpaired) electrons. The first-order valence-corrected chi connectivity index (χ1v) is 11.0. The molecule has 0 spiro atoms. The van der Waals surface area contributed by atoms with Crippen LogP contribution in [-0.4, -0.2) is 50.7 Å². The van der Waals surface area contributed by atoms with Crippen LogP contribution in [0, 0.1) is 0 Å². The predicted octanol–water partition coefficient (Wildman–Crippen LogP) is 1.94. The largest absolute Gasteiger partial charge is 0.495 e. The maximum atomic E-state index is 12.5. The van der Waals surface area contributed by atoms with E-state index in [1.54, 1.807) is 33.5 Å². The number of nitrogens with two attached hydrogens (primary N) is 1. The smallest absolute Gasteiger partial charge is 0.283 e. The molecule has 1 atom stereocenters. The van der Waals surface area contributed by atoms with Crippen LogP contribution in [0.5, 0.6) is 23.0 Å². The van der Waals surface area contributed by atoms with E-state index in [0.29, 0.717) is 34.4 Å². The number of aromatic nitrogens is 1. The van der Waals surface area contributed by atoms with Gasteiger partial charge in [0.15, 0.2) is 17.5 Å². The third kappa shape index (κ3) is 5.21. The predicted molar refractivity (Wildman–Crippen MR) is 128 cm³/mol. The Morgan fingerprint density at radius 1 is 1.00 bits per heavy atom.